The van der Waals surface area contributed by atoms with Crippen LogP contribution in [0.2, 0.25) is 0 Å². The highest BCUT2D eigenvalue weighted by atomic mass is 32.2. The van der Waals surface area contributed by atoms with Gasteiger partial charge in [0.1, 0.15) is 0 Å². The molecular formula is C17H26N2O4S. The van der Waals surface area contributed by atoms with E-state index < -0.39 is 10.0 Å². The van der Waals surface area contributed by atoms with E-state index in [0.717, 1.165) is 24.0 Å². The molecule has 1 saturated heterocycles. The number of nitrogens with zero attached hydrogens (tertiary/aromatic N) is 1. The van der Waals surface area contributed by atoms with Crippen LogP contribution >= 0.6 is 0 Å². The highest BCUT2D eigenvalue weighted by molar-refractivity contribution is 7.88. The molecule has 1 aliphatic rings. The van der Waals surface area contributed by atoms with Gasteiger partial charge in [-0.1, -0.05) is 29.8 Å². The van der Waals surface area contributed by atoms with Gasteiger partial charge in [-0.3, -0.25) is 4.79 Å². The molecule has 7 heteroatoms. The van der Waals surface area contributed by atoms with Crippen molar-refractivity contribution < 1.29 is 17.9 Å². The molecular weight excluding hydrogens is 328 g/mol. The van der Waals surface area contributed by atoms with E-state index >= 15 is 0 Å². The molecule has 1 amide bonds. The summed E-state index contributed by atoms with van der Waals surface area (Å²) in [4.78, 5) is 12.0. The average molecular weight is 354 g/mol. The summed E-state index contributed by atoms with van der Waals surface area (Å²) in [6.07, 6.45) is 3.30. The van der Waals surface area contributed by atoms with E-state index in [9.17, 15) is 13.2 Å². The zero-order valence-electron chi connectivity index (χ0n) is 14.3. The molecule has 1 heterocycles. The van der Waals surface area contributed by atoms with Crippen molar-refractivity contribution in [2.75, 3.05) is 32.5 Å². The van der Waals surface area contributed by atoms with Gasteiger partial charge in [-0.2, -0.15) is 4.31 Å². The molecule has 6 nitrogen and oxygen atoms in total. The Bertz CT molecular complexity index is 637. The van der Waals surface area contributed by atoms with Gasteiger partial charge in [0.15, 0.2) is 0 Å². The van der Waals surface area contributed by atoms with Gasteiger partial charge in [0.25, 0.3) is 0 Å². The predicted octanol–water partition coefficient (Wildman–Crippen LogP) is 1.09. The third-order valence-corrected chi connectivity index (χ3v) is 5.34. The van der Waals surface area contributed by atoms with Crippen LogP contribution in [0.4, 0.5) is 0 Å². The molecule has 1 aromatic rings. The van der Waals surface area contributed by atoms with Crippen molar-refractivity contribution in [3.8, 4) is 0 Å². The third-order valence-electron chi connectivity index (χ3n) is 4.07. The predicted molar refractivity (Wildman–Crippen MR) is 93.3 cm³/mol. The SMILES string of the molecule is Cc1ccc(CC(=O)NCCN(CC2CCCO2)S(C)(=O)=O)cc1. The summed E-state index contributed by atoms with van der Waals surface area (Å²) in [6, 6.07) is 7.79. The average Bonchev–Trinajstić information content (AvgIpc) is 3.01. The summed E-state index contributed by atoms with van der Waals surface area (Å²) in [7, 11) is -3.31. The molecule has 0 radical (unpaired) electrons. The van der Waals surface area contributed by atoms with E-state index in [1.54, 1.807) is 0 Å². The van der Waals surface area contributed by atoms with Crippen LogP contribution in [-0.2, 0) is 26.0 Å². The molecule has 1 atom stereocenters. The molecule has 1 unspecified atom stereocenters. The Morgan fingerprint density at radius 3 is 2.62 bits per heavy atom. The van der Waals surface area contributed by atoms with Crippen molar-refractivity contribution in [1.82, 2.24) is 9.62 Å². The molecule has 0 aliphatic carbocycles. The Hall–Kier alpha value is -1.44. The van der Waals surface area contributed by atoms with Crippen LogP contribution in [0.3, 0.4) is 0 Å². The fourth-order valence-corrected chi connectivity index (χ4v) is 3.54. The van der Waals surface area contributed by atoms with Crippen LogP contribution in [-0.4, -0.2) is 57.2 Å². The van der Waals surface area contributed by atoms with E-state index in [0.29, 0.717) is 26.1 Å². The normalized spacial score (nSPS) is 18.0. The zero-order chi connectivity index (χ0) is 17.6. The number of carbonyl (C=O) groups is 1. The quantitative estimate of drug-likeness (QED) is 0.758. The highest BCUT2D eigenvalue weighted by Crippen LogP contribution is 2.14. The molecule has 1 aromatic carbocycles. The van der Waals surface area contributed by atoms with Crippen molar-refractivity contribution >= 4 is 15.9 Å². The Morgan fingerprint density at radius 2 is 2.04 bits per heavy atom. The third kappa shape index (κ3) is 6.22. The van der Waals surface area contributed by atoms with Gasteiger partial charge in [0.2, 0.25) is 15.9 Å². The molecule has 0 spiro atoms. The largest absolute Gasteiger partial charge is 0.377 e. The first-order valence-corrected chi connectivity index (χ1v) is 10.1. The molecule has 1 fully saturated rings. The monoisotopic (exact) mass is 354 g/mol. The first kappa shape index (κ1) is 18.9. The first-order valence-electron chi connectivity index (χ1n) is 8.23. The van der Waals surface area contributed by atoms with Gasteiger partial charge in [-0.15, -0.1) is 0 Å². The summed E-state index contributed by atoms with van der Waals surface area (Å²) in [5, 5.41) is 2.79. The van der Waals surface area contributed by atoms with Crippen LogP contribution in [0.5, 0.6) is 0 Å². The Kier molecular flexibility index (Phi) is 6.77. The Balaban J connectivity index is 1.78. The van der Waals surface area contributed by atoms with Gasteiger partial charge in [-0.05, 0) is 25.3 Å². The van der Waals surface area contributed by atoms with Gasteiger partial charge in [-0.25, -0.2) is 8.42 Å². The number of ether oxygens (including phenoxy) is 1. The molecule has 134 valence electrons. The minimum absolute atomic E-state index is 0.0389. The van der Waals surface area contributed by atoms with Crippen molar-refractivity contribution in [2.24, 2.45) is 0 Å². The van der Waals surface area contributed by atoms with E-state index in [-0.39, 0.29) is 18.6 Å². The lowest BCUT2D eigenvalue weighted by atomic mass is 10.1. The Morgan fingerprint density at radius 1 is 1.33 bits per heavy atom. The summed E-state index contributed by atoms with van der Waals surface area (Å²) in [5.41, 5.74) is 2.09. The smallest absolute Gasteiger partial charge is 0.224 e. The lowest BCUT2D eigenvalue weighted by molar-refractivity contribution is -0.120. The van der Waals surface area contributed by atoms with Crippen molar-refractivity contribution in [1.29, 1.82) is 0 Å². The van der Waals surface area contributed by atoms with Gasteiger partial charge < -0.3 is 10.1 Å². The Labute approximate surface area is 144 Å². The summed E-state index contributed by atoms with van der Waals surface area (Å²) in [5.74, 6) is -0.107. The fourth-order valence-electron chi connectivity index (χ4n) is 2.68. The van der Waals surface area contributed by atoms with Crippen LogP contribution in [0.25, 0.3) is 0 Å². The van der Waals surface area contributed by atoms with Crippen LogP contribution < -0.4 is 5.32 Å². The second-order valence-electron chi connectivity index (χ2n) is 6.27. The van der Waals surface area contributed by atoms with Crippen LogP contribution in [0.15, 0.2) is 24.3 Å². The summed E-state index contributed by atoms with van der Waals surface area (Å²) < 4.78 is 30.6. The molecule has 24 heavy (non-hydrogen) atoms. The molecule has 1 N–H and O–H groups in total. The van der Waals surface area contributed by atoms with Gasteiger partial charge in [0.05, 0.1) is 18.8 Å². The topological polar surface area (TPSA) is 75.7 Å². The second-order valence-corrected chi connectivity index (χ2v) is 8.25. The van der Waals surface area contributed by atoms with Crippen LogP contribution in [0.1, 0.15) is 24.0 Å². The highest BCUT2D eigenvalue weighted by Gasteiger charge is 2.24. The van der Waals surface area contributed by atoms with E-state index in [1.807, 2.05) is 31.2 Å². The number of aryl methyl sites for hydroxylation is 1. The first-order chi connectivity index (χ1) is 11.3. The van der Waals surface area contributed by atoms with E-state index in [4.69, 9.17) is 4.74 Å². The maximum atomic E-state index is 12.0. The number of hydrogen-bond donors (Lipinski definition) is 1. The van der Waals surface area contributed by atoms with Gasteiger partial charge in [0, 0.05) is 26.2 Å². The lowest BCUT2D eigenvalue weighted by Crippen LogP contribution is -2.42. The lowest BCUT2D eigenvalue weighted by Gasteiger charge is -2.23. The van der Waals surface area contributed by atoms with Crippen molar-refractivity contribution in [3.05, 3.63) is 35.4 Å². The number of nitrogens with one attached hydrogen (secondary N) is 1. The number of carbonyl (C=O) groups excluding carboxylic acids is 1. The summed E-state index contributed by atoms with van der Waals surface area (Å²) >= 11 is 0. The molecule has 2 rings (SSSR count). The molecule has 1 aliphatic heterocycles. The van der Waals surface area contributed by atoms with Crippen molar-refractivity contribution in [3.63, 3.8) is 0 Å². The molecule has 0 bridgehead atoms. The van der Waals surface area contributed by atoms with Gasteiger partial charge >= 0.3 is 0 Å². The molecule has 0 saturated carbocycles. The van der Waals surface area contributed by atoms with Crippen molar-refractivity contribution in [2.45, 2.75) is 32.3 Å². The zero-order valence-corrected chi connectivity index (χ0v) is 15.1. The standard InChI is InChI=1S/C17H26N2O4S/c1-14-5-7-15(8-6-14)12-17(20)18-9-10-19(24(2,21)22)13-16-4-3-11-23-16/h5-8,16H,3-4,9-13H2,1-2H3,(H,18,20). The fraction of sp³-hybridized carbons (Fsp3) is 0.588. The maximum absolute atomic E-state index is 12.0. The minimum Gasteiger partial charge on any atom is -0.377 e. The van der Waals surface area contributed by atoms with E-state index in [2.05, 4.69) is 5.32 Å². The number of amides is 1. The summed E-state index contributed by atoms with van der Waals surface area (Å²) in [6.45, 7) is 3.60. The minimum atomic E-state index is -3.31. The maximum Gasteiger partial charge on any atom is 0.224 e. The number of sulfonamides is 1. The number of rotatable bonds is 8. The van der Waals surface area contributed by atoms with Crippen LogP contribution in [0, 0.1) is 6.92 Å². The van der Waals surface area contributed by atoms with E-state index in [1.165, 1.54) is 10.6 Å². The number of benzene rings is 1. The number of hydrogen-bond acceptors (Lipinski definition) is 4. The second kappa shape index (κ2) is 8.60. The molecule has 0 aromatic heterocycles.